The highest BCUT2D eigenvalue weighted by Crippen LogP contribution is 2.41. The third-order valence-corrected chi connectivity index (χ3v) is 11.8. The maximum Gasteiger partial charge on any atom is 0.312 e. The normalized spacial score (nSPS) is 22.7. The first-order valence-corrected chi connectivity index (χ1v) is 21.7. The smallest absolute Gasteiger partial charge is 0.312 e. The van der Waals surface area contributed by atoms with Gasteiger partial charge in [0.25, 0.3) is 0 Å². The van der Waals surface area contributed by atoms with Crippen molar-refractivity contribution in [3.8, 4) is 0 Å². The summed E-state index contributed by atoms with van der Waals surface area (Å²) in [4.78, 5) is 49.6. The number of carbonyl (C=O) groups excluding carboxylic acids is 4. The molecule has 2 aromatic rings. The van der Waals surface area contributed by atoms with E-state index in [-0.39, 0.29) is 28.4 Å². The molecule has 328 valence electrons. The Labute approximate surface area is 357 Å². The van der Waals surface area contributed by atoms with Gasteiger partial charge in [0.15, 0.2) is 6.23 Å². The quantitative estimate of drug-likeness (QED) is 0.240. The van der Waals surface area contributed by atoms with E-state index in [4.69, 9.17) is 25.8 Å². The molecule has 12 nitrogen and oxygen atoms in total. The Balaban J connectivity index is 0.000000229. The number of fused-ring (bicyclic) bond motifs is 2. The van der Waals surface area contributed by atoms with Crippen LogP contribution in [0, 0.1) is 24.7 Å². The molecule has 6 rings (SSSR count). The molecule has 0 radical (unpaired) electrons. The summed E-state index contributed by atoms with van der Waals surface area (Å²) in [6.07, 6.45) is 1.94. The summed E-state index contributed by atoms with van der Waals surface area (Å²) in [6.45, 7) is 27.6. The molecule has 4 fully saturated rings. The minimum Gasteiger partial charge on any atom is -0.443 e. The number of hydrogen-bond donors (Lipinski definition) is 1. The van der Waals surface area contributed by atoms with Crippen molar-refractivity contribution in [2.45, 2.75) is 133 Å². The Morgan fingerprint density at radius 3 is 1.41 bits per heavy atom. The van der Waals surface area contributed by atoms with E-state index < -0.39 is 29.7 Å². The van der Waals surface area contributed by atoms with E-state index in [2.05, 4.69) is 65.8 Å². The third kappa shape index (κ3) is 11.1. The summed E-state index contributed by atoms with van der Waals surface area (Å²) in [5, 5.41) is 17.7. The number of aliphatic hydroxyl groups excluding tert-OH is 1. The van der Waals surface area contributed by atoms with Crippen molar-refractivity contribution in [2.24, 2.45) is 10.8 Å². The van der Waals surface area contributed by atoms with Gasteiger partial charge in [-0.05, 0) is 105 Å². The SMILES string of the molecule is CC(C)(C)C(=O)Cl.CCc1cc(C)cc(CC)c1C1C(=O)N2CCOCCN2C1O.CCc1cc(C)cc(CC)c1C1C(=O)N2CCOCCN2C1OC(=O)C(C)(C)C. The number of hydrogen-bond acceptors (Lipinski definition) is 10. The Kier molecular flexibility index (Phi) is 16.7. The topological polar surface area (TPSA) is 129 Å². The van der Waals surface area contributed by atoms with E-state index in [9.17, 15) is 24.3 Å². The van der Waals surface area contributed by atoms with Crippen LogP contribution in [-0.2, 0) is 59.1 Å². The molecule has 4 saturated heterocycles. The Hall–Kier alpha value is -3.39. The Morgan fingerprint density at radius 2 is 1.02 bits per heavy atom. The first kappa shape index (κ1) is 48.3. The number of nitrogens with zero attached hydrogens (tertiary/aromatic N) is 4. The van der Waals surface area contributed by atoms with Gasteiger partial charge in [-0.15, -0.1) is 0 Å². The van der Waals surface area contributed by atoms with Crippen LogP contribution in [0.4, 0.5) is 0 Å². The zero-order valence-corrected chi connectivity index (χ0v) is 38.3. The highest BCUT2D eigenvalue weighted by atomic mass is 35.5. The molecule has 2 aromatic carbocycles. The predicted molar refractivity (Wildman–Crippen MR) is 229 cm³/mol. The summed E-state index contributed by atoms with van der Waals surface area (Å²) in [5.41, 5.74) is 8.13. The van der Waals surface area contributed by atoms with E-state index in [0.29, 0.717) is 52.6 Å². The van der Waals surface area contributed by atoms with Gasteiger partial charge in [0.1, 0.15) is 18.1 Å². The van der Waals surface area contributed by atoms with Crippen LogP contribution in [0.25, 0.3) is 0 Å². The molecule has 13 heteroatoms. The first-order valence-electron chi connectivity index (χ1n) is 21.4. The van der Waals surface area contributed by atoms with Crippen LogP contribution in [0.1, 0.15) is 126 Å². The monoisotopic (exact) mass is 840 g/mol. The van der Waals surface area contributed by atoms with Gasteiger partial charge < -0.3 is 19.3 Å². The number of aliphatic hydroxyl groups is 1. The van der Waals surface area contributed by atoms with Crippen molar-refractivity contribution >= 4 is 34.6 Å². The fourth-order valence-corrected chi connectivity index (χ4v) is 8.08. The second kappa shape index (κ2) is 20.4. The lowest BCUT2D eigenvalue weighted by molar-refractivity contribution is -0.178. The molecule has 4 atom stereocenters. The molecule has 4 heterocycles. The second-order valence-corrected chi connectivity index (χ2v) is 18.2. The van der Waals surface area contributed by atoms with Gasteiger partial charge in [0.2, 0.25) is 17.1 Å². The lowest BCUT2D eigenvalue weighted by atomic mass is 9.85. The molecule has 2 amide bonds. The van der Waals surface area contributed by atoms with Crippen LogP contribution in [0.3, 0.4) is 0 Å². The van der Waals surface area contributed by atoms with Gasteiger partial charge in [-0.1, -0.05) is 83.9 Å². The highest BCUT2D eigenvalue weighted by Gasteiger charge is 2.52. The van der Waals surface area contributed by atoms with Gasteiger partial charge >= 0.3 is 5.97 Å². The van der Waals surface area contributed by atoms with Crippen LogP contribution >= 0.6 is 11.6 Å². The maximum atomic E-state index is 13.6. The predicted octanol–water partition coefficient (Wildman–Crippen LogP) is 6.62. The summed E-state index contributed by atoms with van der Waals surface area (Å²) < 4.78 is 17.0. The summed E-state index contributed by atoms with van der Waals surface area (Å²) in [7, 11) is 0. The van der Waals surface area contributed by atoms with Crippen molar-refractivity contribution in [2.75, 3.05) is 52.6 Å². The molecule has 1 N–H and O–H groups in total. The van der Waals surface area contributed by atoms with E-state index >= 15 is 0 Å². The van der Waals surface area contributed by atoms with Crippen LogP contribution in [0.2, 0.25) is 0 Å². The average Bonchev–Trinajstić information content (AvgIpc) is 3.38. The van der Waals surface area contributed by atoms with Crippen molar-refractivity contribution in [3.63, 3.8) is 0 Å². The van der Waals surface area contributed by atoms with Crippen molar-refractivity contribution in [1.29, 1.82) is 0 Å². The number of ether oxygens (including phenoxy) is 3. The zero-order chi connectivity index (χ0) is 44.0. The van der Waals surface area contributed by atoms with E-state index in [1.54, 1.807) is 35.8 Å². The largest absolute Gasteiger partial charge is 0.443 e. The third-order valence-electron chi connectivity index (χ3n) is 11.2. The standard InChI is InChI=1S/C23H34N2O4.C18H26N2O3.C5H9ClO/c1-7-16-13-15(3)14-17(8-2)18(16)19-20(26)24-9-11-28-12-10-25(24)21(19)29-22(27)23(4,5)6;1-4-13-10-12(3)11-14(5-2)15(13)16-17(21)19-6-8-23-9-7-20(19)18(16)22;1-5(2,3)4(6)7/h13-14,19,21H,7-12H2,1-6H3;10-11,16-17,21H,4-9H2,1-3H3;1-3H3. The molecule has 59 heavy (non-hydrogen) atoms. The number of esters is 1. The van der Waals surface area contributed by atoms with Crippen molar-refractivity contribution in [3.05, 3.63) is 68.8 Å². The number of hydrazine groups is 2. The molecular weight excluding hydrogens is 772 g/mol. The van der Waals surface area contributed by atoms with E-state index in [0.717, 1.165) is 47.9 Å². The average molecular weight is 842 g/mol. The molecule has 0 saturated carbocycles. The van der Waals surface area contributed by atoms with Gasteiger partial charge in [0.05, 0.1) is 44.9 Å². The minimum absolute atomic E-state index is 0.00347. The highest BCUT2D eigenvalue weighted by molar-refractivity contribution is 6.64. The number of benzene rings is 2. The van der Waals surface area contributed by atoms with Crippen LogP contribution in [0.15, 0.2) is 24.3 Å². The Bertz CT molecular complexity index is 1770. The Morgan fingerprint density at radius 1 is 0.661 bits per heavy atom. The van der Waals surface area contributed by atoms with Gasteiger partial charge in [-0.3, -0.25) is 29.2 Å². The summed E-state index contributed by atoms with van der Waals surface area (Å²) >= 11 is 5.11. The number of carbonyl (C=O) groups is 4. The molecule has 4 aliphatic rings. The number of rotatable bonds is 7. The van der Waals surface area contributed by atoms with Gasteiger partial charge in [0, 0.05) is 18.5 Å². The zero-order valence-electron chi connectivity index (χ0n) is 37.6. The fraction of sp³-hybridized carbons (Fsp3) is 0.652. The summed E-state index contributed by atoms with van der Waals surface area (Å²) in [6, 6.07) is 8.62. The molecule has 0 spiro atoms. The molecule has 0 bridgehead atoms. The molecule has 4 unspecified atom stereocenters. The maximum absolute atomic E-state index is 13.6. The second-order valence-electron chi connectivity index (χ2n) is 17.8. The molecule has 0 aliphatic carbocycles. The number of amides is 2. The molecule has 4 aliphatic heterocycles. The molecule has 0 aromatic heterocycles. The van der Waals surface area contributed by atoms with Crippen LogP contribution < -0.4 is 0 Å². The van der Waals surface area contributed by atoms with Gasteiger partial charge in [-0.2, -0.15) is 10.0 Å². The van der Waals surface area contributed by atoms with E-state index in [1.807, 2.05) is 25.8 Å². The minimum atomic E-state index is -0.803. The lowest BCUT2D eigenvalue weighted by Gasteiger charge is -2.31. The van der Waals surface area contributed by atoms with Crippen molar-refractivity contribution < 1.29 is 38.5 Å². The first-order chi connectivity index (χ1) is 27.7. The van der Waals surface area contributed by atoms with E-state index in [1.165, 1.54) is 22.3 Å². The van der Waals surface area contributed by atoms with Crippen LogP contribution in [-0.4, -0.2) is 113 Å². The van der Waals surface area contributed by atoms with Gasteiger partial charge in [-0.25, -0.2) is 0 Å². The number of aryl methyl sites for hydroxylation is 6. The van der Waals surface area contributed by atoms with Crippen LogP contribution in [0.5, 0.6) is 0 Å². The summed E-state index contributed by atoms with van der Waals surface area (Å²) in [5.74, 6) is -1.30. The fourth-order valence-electron chi connectivity index (χ4n) is 8.08. The van der Waals surface area contributed by atoms with Crippen molar-refractivity contribution in [1.82, 2.24) is 20.0 Å². The number of halogens is 1. The molecular formula is C46H69ClN4O8. The lowest BCUT2D eigenvalue weighted by Crippen LogP contribution is -2.46.